The lowest BCUT2D eigenvalue weighted by molar-refractivity contribution is -0.196. The molecular formula is C18H15Cl2F3N4O4. The molecule has 13 heteroatoms. The maximum absolute atomic E-state index is 14.3. The van der Waals surface area contributed by atoms with Gasteiger partial charge in [0, 0.05) is 11.6 Å². The van der Waals surface area contributed by atoms with Gasteiger partial charge in [0.2, 0.25) is 0 Å². The van der Waals surface area contributed by atoms with Gasteiger partial charge >= 0.3 is 11.9 Å². The Kier molecular flexibility index (Phi) is 5.70. The number of carbonyl (C=O) groups is 2. The fraction of sp³-hybridized carbons (Fsp3) is 0.333. The van der Waals surface area contributed by atoms with Gasteiger partial charge in [0.15, 0.2) is 0 Å². The highest BCUT2D eigenvalue weighted by molar-refractivity contribution is 6.36. The third-order valence-electron chi connectivity index (χ3n) is 4.60. The summed E-state index contributed by atoms with van der Waals surface area (Å²) in [6, 6.07) is 3.42. The number of aromatic nitrogens is 2. The summed E-state index contributed by atoms with van der Waals surface area (Å²) in [5.74, 6) is -3.95. The first-order valence-corrected chi connectivity index (χ1v) is 9.58. The van der Waals surface area contributed by atoms with Crippen LogP contribution in [-0.2, 0) is 16.9 Å². The lowest BCUT2D eigenvalue weighted by Gasteiger charge is -2.30. The monoisotopic (exact) mass is 478 g/mol. The van der Waals surface area contributed by atoms with E-state index in [-0.39, 0.29) is 22.5 Å². The van der Waals surface area contributed by atoms with E-state index in [4.69, 9.17) is 23.2 Å². The van der Waals surface area contributed by atoms with Gasteiger partial charge in [-0.1, -0.05) is 37.0 Å². The van der Waals surface area contributed by atoms with Crippen molar-refractivity contribution in [3.63, 3.8) is 0 Å². The largest absolute Gasteiger partial charge is 0.425 e. The third kappa shape index (κ3) is 3.72. The molecule has 0 aliphatic carbocycles. The van der Waals surface area contributed by atoms with Crippen LogP contribution in [0.2, 0.25) is 10.0 Å². The van der Waals surface area contributed by atoms with Gasteiger partial charge in [-0.15, -0.1) is 0 Å². The highest BCUT2D eigenvalue weighted by Gasteiger charge is 2.68. The second-order valence-corrected chi connectivity index (χ2v) is 8.11. The van der Waals surface area contributed by atoms with Crippen molar-refractivity contribution in [3.05, 3.63) is 60.2 Å². The Balaban J connectivity index is 2.25. The lowest BCUT2D eigenvalue weighted by Crippen LogP contribution is -2.62. The minimum Gasteiger partial charge on any atom is -0.326 e. The molecule has 3 N–H and O–H groups in total. The van der Waals surface area contributed by atoms with E-state index in [1.165, 1.54) is 6.07 Å². The third-order valence-corrected chi connectivity index (χ3v) is 5.14. The molecular weight excluding hydrogens is 464 g/mol. The molecule has 1 atom stereocenters. The number of nitrogens with zero attached hydrogens (tertiary/aromatic N) is 1. The molecule has 166 valence electrons. The number of hydrogen-bond acceptors (Lipinski definition) is 4. The number of hydrogen-bond donors (Lipinski definition) is 3. The molecule has 0 fully saturated rings. The van der Waals surface area contributed by atoms with Crippen molar-refractivity contribution in [1.29, 1.82) is 0 Å². The van der Waals surface area contributed by atoms with Gasteiger partial charge in [0.25, 0.3) is 22.9 Å². The molecule has 0 bridgehead atoms. The summed E-state index contributed by atoms with van der Waals surface area (Å²) in [4.78, 5) is 51.7. The molecule has 0 radical (unpaired) electrons. The molecule has 1 aliphatic rings. The van der Waals surface area contributed by atoms with Gasteiger partial charge in [-0.25, -0.2) is 4.79 Å². The maximum atomic E-state index is 14.3. The van der Waals surface area contributed by atoms with Gasteiger partial charge < -0.3 is 10.6 Å². The van der Waals surface area contributed by atoms with E-state index in [1.54, 1.807) is 24.1 Å². The Bertz CT molecular complexity index is 1210. The number of carbonyl (C=O) groups excluding carboxylic acids is 2. The Morgan fingerprint density at radius 3 is 2.42 bits per heavy atom. The average Bonchev–Trinajstić information content (AvgIpc) is 2.92. The minimum atomic E-state index is -5.44. The number of alkyl halides is 3. The molecule has 0 saturated carbocycles. The van der Waals surface area contributed by atoms with E-state index in [2.05, 4.69) is 0 Å². The fourth-order valence-corrected chi connectivity index (χ4v) is 3.77. The van der Waals surface area contributed by atoms with Crippen LogP contribution in [0, 0.1) is 5.92 Å². The SMILES string of the molecule is CC(C)Cn1c2c(c(=O)[nH]c1=O)[C@](NC(=O)c1ccc(Cl)cc1Cl)(C(F)(F)F)C(=O)N2. The summed E-state index contributed by atoms with van der Waals surface area (Å²) in [6.45, 7) is 3.27. The highest BCUT2D eigenvalue weighted by atomic mass is 35.5. The van der Waals surface area contributed by atoms with E-state index in [1.807, 2.05) is 5.32 Å². The Morgan fingerprint density at radius 2 is 1.87 bits per heavy atom. The molecule has 8 nitrogen and oxygen atoms in total. The molecule has 3 rings (SSSR count). The molecule has 31 heavy (non-hydrogen) atoms. The topological polar surface area (TPSA) is 113 Å². The van der Waals surface area contributed by atoms with Gasteiger partial charge in [-0.05, 0) is 24.1 Å². The number of benzene rings is 1. The molecule has 2 amide bonds. The number of H-pyrrole nitrogens is 1. The predicted molar refractivity (Wildman–Crippen MR) is 106 cm³/mol. The molecule has 0 spiro atoms. The van der Waals surface area contributed by atoms with Crippen LogP contribution in [0.5, 0.6) is 0 Å². The van der Waals surface area contributed by atoms with Gasteiger partial charge in [0.1, 0.15) is 11.4 Å². The molecule has 0 saturated heterocycles. The van der Waals surface area contributed by atoms with E-state index < -0.39 is 51.7 Å². The van der Waals surface area contributed by atoms with Crippen LogP contribution in [0.1, 0.15) is 29.8 Å². The normalized spacial score (nSPS) is 18.1. The van der Waals surface area contributed by atoms with Crippen molar-refractivity contribution in [2.24, 2.45) is 5.92 Å². The van der Waals surface area contributed by atoms with Crippen LogP contribution in [0.4, 0.5) is 19.0 Å². The number of fused-ring (bicyclic) bond motifs is 1. The number of anilines is 1. The summed E-state index contributed by atoms with van der Waals surface area (Å²) < 4.78 is 43.7. The predicted octanol–water partition coefficient (Wildman–Crippen LogP) is 2.64. The summed E-state index contributed by atoms with van der Waals surface area (Å²) in [6.07, 6.45) is -5.44. The molecule has 1 aromatic heterocycles. The second-order valence-electron chi connectivity index (χ2n) is 7.27. The van der Waals surface area contributed by atoms with Crippen molar-refractivity contribution in [2.45, 2.75) is 32.1 Å². The molecule has 1 aromatic carbocycles. The first kappa shape index (κ1) is 22.9. The summed E-state index contributed by atoms with van der Waals surface area (Å²) in [5.41, 5.74) is -7.74. The average molecular weight is 479 g/mol. The van der Waals surface area contributed by atoms with E-state index in [0.717, 1.165) is 16.7 Å². The Labute approximate surface area is 182 Å². The molecule has 2 aromatic rings. The number of amides is 2. The molecule has 2 heterocycles. The second kappa shape index (κ2) is 7.72. The summed E-state index contributed by atoms with van der Waals surface area (Å²) in [5, 5.41) is 3.43. The zero-order valence-corrected chi connectivity index (χ0v) is 17.5. The zero-order valence-electron chi connectivity index (χ0n) is 16.0. The smallest absolute Gasteiger partial charge is 0.326 e. The standard InChI is InChI=1S/C18H15Cl2F3N4O4/c1-7(2)6-27-12-11(14(29)25-16(27)31)17(15(30)24-12,18(21,22)23)26-13(28)9-4-3-8(19)5-10(9)20/h3-5,7H,6H2,1-2H3,(H,24,30)(H,26,28)(H,25,29,31)/t17-/m1/s1. The first-order valence-electron chi connectivity index (χ1n) is 8.83. The van der Waals surface area contributed by atoms with Gasteiger partial charge in [-0.2, -0.15) is 13.2 Å². The van der Waals surface area contributed by atoms with Crippen LogP contribution in [0.25, 0.3) is 0 Å². The molecule has 1 aliphatic heterocycles. The number of aromatic amines is 1. The first-order chi connectivity index (χ1) is 14.3. The van der Waals surface area contributed by atoms with Crippen LogP contribution in [-0.4, -0.2) is 27.5 Å². The van der Waals surface area contributed by atoms with Crippen LogP contribution in [0.3, 0.4) is 0 Å². The van der Waals surface area contributed by atoms with E-state index >= 15 is 0 Å². The van der Waals surface area contributed by atoms with Crippen LogP contribution >= 0.6 is 23.2 Å². The van der Waals surface area contributed by atoms with Gasteiger partial charge in [0.05, 0.1) is 10.6 Å². The quantitative estimate of drug-likeness (QED) is 0.626. The van der Waals surface area contributed by atoms with Crippen molar-refractivity contribution in [1.82, 2.24) is 14.9 Å². The zero-order chi connectivity index (χ0) is 23.3. The minimum absolute atomic E-state index is 0.0941. The van der Waals surface area contributed by atoms with Crippen molar-refractivity contribution in [2.75, 3.05) is 5.32 Å². The molecule has 0 unspecified atom stereocenters. The Hall–Kier alpha value is -2.79. The van der Waals surface area contributed by atoms with E-state index in [0.29, 0.717) is 0 Å². The van der Waals surface area contributed by atoms with Crippen molar-refractivity contribution >= 4 is 40.8 Å². The lowest BCUT2D eigenvalue weighted by atomic mass is 9.91. The van der Waals surface area contributed by atoms with Crippen molar-refractivity contribution < 1.29 is 22.8 Å². The number of nitrogens with one attached hydrogen (secondary N) is 3. The van der Waals surface area contributed by atoms with Crippen molar-refractivity contribution in [3.8, 4) is 0 Å². The van der Waals surface area contributed by atoms with Crippen LogP contribution in [0.15, 0.2) is 27.8 Å². The number of halogens is 5. The van der Waals surface area contributed by atoms with E-state index in [9.17, 15) is 32.3 Å². The maximum Gasteiger partial charge on any atom is 0.425 e. The summed E-state index contributed by atoms with van der Waals surface area (Å²) in [7, 11) is 0. The highest BCUT2D eigenvalue weighted by Crippen LogP contribution is 2.45. The van der Waals surface area contributed by atoms with Crippen LogP contribution < -0.4 is 21.9 Å². The number of rotatable bonds is 4. The Morgan fingerprint density at radius 1 is 1.23 bits per heavy atom. The summed E-state index contributed by atoms with van der Waals surface area (Å²) >= 11 is 11.6. The van der Waals surface area contributed by atoms with Gasteiger partial charge in [-0.3, -0.25) is 23.9 Å². The fourth-order valence-electron chi connectivity index (χ4n) is 3.28.